The molecule has 0 spiro atoms. The quantitative estimate of drug-likeness (QED) is 0.607. The third-order valence-electron chi connectivity index (χ3n) is 5.05. The van der Waals surface area contributed by atoms with Gasteiger partial charge in [0.05, 0.1) is 10.9 Å². The maximum absolute atomic E-state index is 12.6. The van der Waals surface area contributed by atoms with E-state index in [0.717, 1.165) is 29.4 Å². The Bertz CT molecular complexity index is 859. The largest absolute Gasteiger partial charge is 0.573 e. The van der Waals surface area contributed by atoms with Gasteiger partial charge in [0.25, 0.3) is 0 Å². The molecular formula is C20H24F3N3O2S. The van der Waals surface area contributed by atoms with Crippen LogP contribution in [0.2, 0.25) is 0 Å². The summed E-state index contributed by atoms with van der Waals surface area (Å²) in [6.07, 6.45) is -0.0906. The number of carbonyl (C=O) groups is 1. The van der Waals surface area contributed by atoms with Crippen LogP contribution in [0.5, 0.6) is 5.75 Å². The lowest BCUT2D eigenvalue weighted by molar-refractivity contribution is -0.274. The Morgan fingerprint density at radius 2 is 1.86 bits per heavy atom. The second-order valence-corrected chi connectivity index (χ2v) is 8.50. The number of ether oxygens (including phenoxy) is 1. The maximum Gasteiger partial charge on any atom is 0.573 e. The van der Waals surface area contributed by atoms with Crippen LogP contribution >= 0.6 is 11.8 Å². The van der Waals surface area contributed by atoms with Gasteiger partial charge in [-0.2, -0.15) is 0 Å². The lowest BCUT2D eigenvalue weighted by Crippen LogP contribution is -2.23. The van der Waals surface area contributed by atoms with E-state index < -0.39 is 11.6 Å². The first-order valence-corrected chi connectivity index (χ1v) is 10.4. The lowest BCUT2D eigenvalue weighted by atomic mass is 10.2. The molecule has 0 radical (unpaired) electrons. The summed E-state index contributed by atoms with van der Waals surface area (Å²) in [6.45, 7) is 5.82. The molecule has 3 rings (SSSR count). The molecule has 0 saturated heterocycles. The van der Waals surface area contributed by atoms with Crippen LogP contribution in [0.1, 0.15) is 50.0 Å². The highest BCUT2D eigenvalue weighted by molar-refractivity contribution is 8.00. The zero-order chi connectivity index (χ0) is 21.2. The van der Waals surface area contributed by atoms with Crippen LogP contribution in [0.3, 0.4) is 0 Å². The molecule has 1 aliphatic rings. The zero-order valence-corrected chi connectivity index (χ0v) is 17.4. The lowest BCUT2D eigenvalue weighted by Gasteiger charge is -2.18. The summed E-state index contributed by atoms with van der Waals surface area (Å²) in [5, 5.41) is 3.15. The minimum atomic E-state index is -4.74. The number of aryl methyl sites for hydroxylation is 1. The molecular weight excluding hydrogens is 403 g/mol. The van der Waals surface area contributed by atoms with E-state index in [0.29, 0.717) is 11.7 Å². The van der Waals surface area contributed by atoms with E-state index in [9.17, 15) is 18.0 Å². The fraction of sp³-hybridized carbons (Fsp3) is 0.500. The third kappa shape index (κ3) is 5.46. The number of rotatable bonds is 6. The van der Waals surface area contributed by atoms with Gasteiger partial charge >= 0.3 is 6.36 Å². The molecule has 1 unspecified atom stereocenters. The van der Waals surface area contributed by atoms with Gasteiger partial charge in [0.15, 0.2) is 5.16 Å². The molecule has 1 heterocycles. The molecule has 9 heteroatoms. The predicted octanol–water partition coefficient (Wildman–Crippen LogP) is 5.63. The number of aromatic nitrogens is 2. The highest BCUT2D eigenvalue weighted by Crippen LogP contribution is 2.36. The minimum absolute atomic E-state index is 0.240. The van der Waals surface area contributed by atoms with Crippen molar-refractivity contribution in [3.05, 3.63) is 35.7 Å². The molecule has 1 fully saturated rings. The first-order chi connectivity index (χ1) is 13.6. The first kappa shape index (κ1) is 21.5. The third-order valence-corrected chi connectivity index (χ3v) is 6.12. The Morgan fingerprint density at radius 3 is 2.45 bits per heavy atom. The molecule has 1 aromatic heterocycles. The number of hydrogen-bond donors (Lipinski definition) is 1. The van der Waals surface area contributed by atoms with Gasteiger partial charge in [-0.1, -0.05) is 24.6 Å². The van der Waals surface area contributed by atoms with E-state index in [2.05, 4.69) is 26.5 Å². The van der Waals surface area contributed by atoms with Gasteiger partial charge in [0.1, 0.15) is 5.75 Å². The van der Waals surface area contributed by atoms with E-state index in [-0.39, 0.29) is 11.7 Å². The highest BCUT2D eigenvalue weighted by atomic mass is 32.2. The van der Waals surface area contributed by atoms with Crippen molar-refractivity contribution in [3.8, 4) is 5.75 Å². The standard InChI is InChI=1S/C20H24F3N3O2S/c1-12-13(2)26(16-6-4-5-7-16)19(24-12)29-14(3)18(27)25-15-8-10-17(11-9-15)28-20(21,22)23/h8-11,14,16H,4-7H2,1-3H3,(H,25,27). The number of anilines is 1. The van der Waals surface area contributed by atoms with Crippen LogP contribution in [0.15, 0.2) is 29.4 Å². The summed E-state index contributed by atoms with van der Waals surface area (Å²) in [6, 6.07) is 5.52. The Kier molecular flexibility index (Phi) is 6.45. The average Bonchev–Trinajstić information content (AvgIpc) is 3.24. The predicted molar refractivity (Wildman–Crippen MR) is 106 cm³/mol. The number of amides is 1. The fourth-order valence-corrected chi connectivity index (χ4v) is 4.54. The van der Waals surface area contributed by atoms with Gasteiger partial charge in [0.2, 0.25) is 5.91 Å². The number of benzene rings is 1. The smallest absolute Gasteiger partial charge is 0.406 e. The second-order valence-electron chi connectivity index (χ2n) is 7.19. The van der Waals surface area contributed by atoms with Gasteiger partial charge < -0.3 is 14.6 Å². The van der Waals surface area contributed by atoms with Gasteiger partial charge in [-0.15, -0.1) is 13.2 Å². The van der Waals surface area contributed by atoms with E-state index in [1.807, 2.05) is 6.92 Å². The van der Waals surface area contributed by atoms with E-state index in [1.54, 1.807) is 6.92 Å². The minimum Gasteiger partial charge on any atom is -0.406 e. The van der Waals surface area contributed by atoms with Crippen LogP contribution in [-0.2, 0) is 4.79 Å². The summed E-state index contributed by atoms with van der Waals surface area (Å²) in [5.74, 6) is -0.571. The molecule has 2 aromatic rings. The Labute approximate surface area is 172 Å². The molecule has 29 heavy (non-hydrogen) atoms. The van der Waals surface area contributed by atoms with Crippen molar-refractivity contribution in [2.24, 2.45) is 0 Å². The first-order valence-electron chi connectivity index (χ1n) is 9.53. The van der Waals surface area contributed by atoms with Crippen molar-refractivity contribution in [1.29, 1.82) is 0 Å². The van der Waals surface area contributed by atoms with E-state index >= 15 is 0 Å². The average molecular weight is 427 g/mol. The van der Waals surface area contributed by atoms with Crippen LogP contribution in [0.25, 0.3) is 0 Å². The normalized spacial score (nSPS) is 16.1. The van der Waals surface area contributed by atoms with Crippen LogP contribution in [-0.4, -0.2) is 27.1 Å². The number of hydrogen-bond acceptors (Lipinski definition) is 4. The van der Waals surface area contributed by atoms with Gasteiger partial charge in [-0.05, 0) is 57.9 Å². The van der Waals surface area contributed by atoms with Gasteiger partial charge in [-0.3, -0.25) is 4.79 Å². The Morgan fingerprint density at radius 1 is 1.24 bits per heavy atom. The maximum atomic E-state index is 12.6. The molecule has 158 valence electrons. The SMILES string of the molecule is Cc1nc(SC(C)C(=O)Nc2ccc(OC(F)(F)F)cc2)n(C2CCCC2)c1C. The second kappa shape index (κ2) is 8.69. The number of carbonyl (C=O) groups excluding carboxylic acids is 1. The van der Waals surface area contributed by atoms with Crippen LogP contribution in [0.4, 0.5) is 18.9 Å². The number of nitrogens with zero attached hydrogens (tertiary/aromatic N) is 2. The van der Waals surface area contributed by atoms with Crippen LogP contribution < -0.4 is 10.1 Å². The van der Waals surface area contributed by atoms with E-state index in [4.69, 9.17) is 0 Å². The number of alkyl halides is 3. The number of nitrogens with one attached hydrogen (secondary N) is 1. The van der Waals surface area contributed by atoms with Crippen molar-refractivity contribution >= 4 is 23.4 Å². The zero-order valence-electron chi connectivity index (χ0n) is 16.5. The summed E-state index contributed by atoms with van der Waals surface area (Å²) in [4.78, 5) is 17.2. The van der Waals surface area contributed by atoms with Gasteiger partial charge in [0, 0.05) is 17.4 Å². The summed E-state index contributed by atoms with van der Waals surface area (Å²) in [7, 11) is 0. The summed E-state index contributed by atoms with van der Waals surface area (Å²) < 4.78 is 42.8. The van der Waals surface area contributed by atoms with Crippen molar-refractivity contribution in [2.75, 3.05) is 5.32 Å². The molecule has 0 aliphatic heterocycles. The molecule has 1 amide bonds. The number of imidazole rings is 1. The summed E-state index contributed by atoms with van der Waals surface area (Å²) >= 11 is 1.40. The van der Waals surface area contributed by atoms with Crippen LogP contribution in [0, 0.1) is 13.8 Å². The molecule has 1 saturated carbocycles. The number of thioether (sulfide) groups is 1. The molecule has 1 atom stereocenters. The highest BCUT2D eigenvalue weighted by Gasteiger charge is 2.31. The van der Waals surface area contributed by atoms with Crippen molar-refractivity contribution < 1.29 is 22.7 Å². The monoisotopic (exact) mass is 427 g/mol. The summed E-state index contributed by atoms with van der Waals surface area (Å²) in [5.41, 5.74) is 2.50. The Hall–Kier alpha value is -2.16. The fourth-order valence-electron chi connectivity index (χ4n) is 3.47. The Balaban J connectivity index is 1.65. The topological polar surface area (TPSA) is 56.1 Å². The number of halogens is 3. The van der Waals surface area contributed by atoms with Crippen molar-refractivity contribution in [1.82, 2.24) is 9.55 Å². The van der Waals surface area contributed by atoms with Crippen molar-refractivity contribution in [2.45, 2.75) is 69.3 Å². The molecule has 5 nitrogen and oxygen atoms in total. The molecule has 0 bridgehead atoms. The van der Waals surface area contributed by atoms with Gasteiger partial charge in [-0.25, -0.2) is 4.98 Å². The van der Waals surface area contributed by atoms with Crippen molar-refractivity contribution in [3.63, 3.8) is 0 Å². The molecule has 1 N–H and O–H groups in total. The molecule has 1 aliphatic carbocycles. The molecule has 1 aromatic carbocycles. The van der Waals surface area contributed by atoms with E-state index in [1.165, 1.54) is 48.9 Å².